The molecule has 1 amide bonds. The maximum atomic E-state index is 12.6. The third-order valence-corrected chi connectivity index (χ3v) is 5.62. The zero-order chi connectivity index (χ0) is 17.1. The van der Waals surface area contributed by atoms with Gasteiger partial charge in [0.25, 0.3) is 5.91 Å². The SMILES string of the molecule is O=C(c1cscn1)N1CCC2OCCN(Cc3cccnc3)C2CC1. The number of thiazole rings is 1. The van der Waals surface area contributed by atoms with Crippen LogP contribution in [0.4, 0.5) is 0 Å². The van der Waals surface area contributed by atoms with Crippen molar-refractivity contribution in [3.05, 3.63) is 46.7 Å². The van der Waals surface area contributed by atoms with Crippen LogP contribution < -0.4 is 0 Å². The fourth-order valence-corrected chi connectivity index (χ4v) is 4.29. The summed E-state index contributed by atoms with van der Waals surface area (Å²) in [5.41, 5.74) is 3.50. The molecule has 7 heteroatoms. The van der Waals surface area contributed by atoms with E-state index in [1.54, 1.807) is 11.7 Å². The molecule has 6 nitrogen and oxygen atoms in total. The van der Waals surface area contributed by atoms with Crippen molar-refractivity contribution in [2.24, 2.45) is 0 Å². The molecular weight excluding hydrogens is 336 g/mol. The number of ether oxygens (including phenoxy) is 1. The van der Waals surface area contributed by atoms with E-state index in [2.05, 4.69) is 20.9 Å². The van der Waals surface area contributed by atoms with Crippen LogP contribution in [-0.2, 0) is 11.3 Å². The standard InChI is InChI=1S/C18H22N4O2S/c23-18(15-12-25-13-20-15)21-6-3-16-17(4-7-21)24-9-8-22(16)11-14-2-1-5-19-10-14/h1-2,5,10,12-13,16-17H,3-4,6-9,11H2. The molecule has 0 aliphatic carbocycles. The van der Waals surface area contributed by atoms with Gasteiger partial charge < -0.3 is 9.64 Å². The Morgan fingerprint density at radius 2 is 2.24 bits per heavy atom. The molecular formula is C18H22N4O2S. The van der Waals surface area contributed by atoms with Crippen molar-refractivity contribution in [1.82, 2.24) is 19.8 Å². The molecule has 0 spiro atoms. The fraction of sp³-hybridized carbons (Fsp3) is 0.500. The Morgan fingerprint density at radius 3 is 3.04 bits per heavy atom. The summed E-state index contributed by atoms with van der Waals surface area (Å²) in [6.07, 6.45) is 5.74. The zero-order valence-electron chi connectivity index (χ0n) is 14.1. The Bertz CT molecular complexity index is 694. The summed E-state index contributed by atoms with van der Waals surface area (Å²) < 4.78 is 6.04. The number of hydrogen-bond acceptors (Lipinski definition) is 6. The van der Waals surface area contributed by atoms with Gasteiger partial charge in [0.2, 0.25) is 0 Å². The van der Waals surface area contributed by atoms with E-state index >= 15 is 0 Å². The van der Waals surface area contributed by atoms with Gasteiger partial charge in [0, 0.05) is 50.0 Å². The number of nitrogens with zero attached hydrogens (tertiary/aromatic N) is 4. The number of fused-ring (bicyclic) bond motifs is 1. The van der Waals surface area contributed by atoms with Crippen LogP contribution in [0.15, 0.2) is 35.4 Å². The van der Waals surface area contributed by atoms with Crippen molar-refractivity contribution in [2.75, 3.05) is 26.2 Å². The quantitative estimate of drug-likeness (QED) is 0.840. The summed E-state index contributed by atoms with van der Waals surface area (Å²) in [4.78, 5) is 25.4. The normalized spacial score (nSPS) is 24.6. The van der Waals surface area contributed by atoms with Crippen LogP contribution in [0.3, 0.4) is 0 Å². The van der Waals surface area contributed by atoms with E-state index in [4.69, 9.17) is 4.74 Å². The van der Waals surface area contributed by atoms with Gasteiger partial charge in [-0.15, -0.1) is 11.3 Å². The molecule has 2 atom stereocenters. The highest BCUT2D eigenvalue weighted by Gasteiger charge is 2.35. The van der Waals surface area contributed by atoms with Crippen molar-refractivity contribution in [3.63, 3.8) is 0 Å². The van der Waals surface area contributed by atoms with Crippen LogP contribution in [0.25, 0.3) is 0 Å². The Kier molecular flexibility index (Phi) is 5.05. The number of aromatic nitrogens is 2. The Balaban J connectivity index is 1.44. The Hall–Kier alpha value is -1.83. The van der Waals surface area contributed by atoms with Crippen LogP contribution in [0, 0.1) is 0 Å². The van der Waals surface area contributed by atoms with E-state index in [0.29, 0.717) is 11.7 Å². The average Bonchev–Trinajstić information content (AvgIpc) is 3.09. The molecule has 2 aliphatic heterocycles. The van der Waals surface area contributed by atoms with Crippen LogP contribution >= 0.6 is 11.3 Å². The Labute approximate surface area is 151 Å². The zero-order valence-corrected chi connectivity index (χ0v) is 14.9. The number of hydrogen-bond donors (Lipinski definition) is 0. The van der Waals surface area contributed by atoms with Gasteiger partial charge in [-0.2, -0.15) is 0 Å². The molecule has 4 rings (SSSR count). The van der Waals surface area contributed by atoms with Crippen LogP contribution in [0.1, 0.15) is 28.9 Å². The Morgan fingerprint density at radius 1 is 1.32 bits per heavy atom. The minimum Gasteiger partial charge on any atom is -0.375 e. The second-order valence-electron chi connectivity index (χ2n) is 6.55. The van der Waals surface area contributed by atoms with Gasteiger partial charge in [-0.05, 0) is 24.5 Å². The maximum Gasteiger partial charge on any atom is 0.273 e. The molecule has 2 unspecified atom stereocenters. The molecule has 0 N–H and O–H groups in total. The molecule has 4 heterocycles. The third kappa shape index (κ3) is 3.73. The predicted octanol–water partition coefficient (Wildman–Crippen LogP) is 2.04. The van der Waals surface area contributed by atoms with Gasteiger partial charge in [-0.25, -0.2) is 4.98 Å². The minimum atomic E-state index is 0.0405. The lowest BCUT2D eigenvalue weighted by molar-refractivity contribution is -0.0746. The lowest BCUT2D eigenvalue weighted by Gasteiger charge is -2.40. The number of likely N-dealkylation sites (tertiary alicyclic amines) is 1. The van der Waals surface area contributed by atoms with Crippen molar-refractivity contribution in [2.45, 2.75) is 31.5 Å². The van der Waals surface area contributed by atoms with Crippen molar-refractivity contribution >= 4 is 17.2 Å². The molecule has 0 radical (unpaired) electrons. The second kappa shape index (κ2) is 7.59. The third-order valence-electron chi connectivity index (χ3n) is 5.03. The number of rotatable bonds is 3. The minimum absolute atomic E-state index is 0.0405. The van der Waals surface area contributed by atoms with E-state index in [1.165, 1.54) is 16.9 Å². The van der Waals surface area contributed by atoms with Gasteiger partial charge in [-0.3, -0.25) is 14.7 Å². The molecule has 2 aromatic heterocycles. The molecule has 25 heavy (non-hydrogen) atoms. The molecule has 0 aromatic carbocycles. The molecule has 0 bridgehead atoms. The van der Waals surface area contributed by atoms with Crippen molar-refractivity contribution in [1.29, 1.82) is 0 Å². The number of amides is 1. The summed E-state index contributed by atoms with van der Waals surface area (Å²) >= 11 is 1.46. The highest BCUT2D eigenvalue weighted by molar-refractivity contribution is 7.07. The molecule has 2 aliphatic rings. The van der Waals surface area contributed by atoms with Gasteiger partial charge in [-0.1, -0.05) is 6.07 Å². The summed E-state index contributed by atoms with van der Waals surface area (Å²) in [5, 5.41) is 1.82. The topological polar surface area (TPSA) is 58.6 Å². The number of carbonyl (C=O) groups is 1. The monoisotopic (exact) mass is 358 g/mol. The summed E-state index contributed by atoms with van der Waals surface area (Å²) in [6, 6.07) is 4.45. The lowest BCUT2D eigenvalue weighted by Crippen LogP contribution is -2.50. The van der Waals surface area contributed by atoms with E-state index < -0.39 is 0 Å². The molecule has 2 aromatic rings. The fourth-order valence-electron chi connectivity index (χ4n) is 3.77. The lowest BCUT2D eigenvalue weighted by atomic mass is 10.0. The molecule has 0 saturated carbocycles. The van der Waals surface area contributed by atoms with Crippen LogP contribution in [0.2, 0.25) is 0 Å². The molecule has 2 saturated heterocycles. The van der Waals surface area contributed by atoms with Gasteiger partial charge in [0.1, 0.15) is 5.69 Å². The first-order valence-corrected chi connectivity index (χ1v) is 9.67. The van der Waals surface area contributed by atoms with Crippen molar-refractivity contribution in [3.8, 4) is 0 Å². The second-order valence-corrected chi connectivity index (χ2v) is 7.27. The summed E-state index contributed by atoms with van der Waals surface area (Å²) in [6.45, 7) is 4.05. The summed E-state index contributed by atoms with van der Waals surface area (Å²) in [5.74, 6) is 0.0405. The van der Waals surface area contributed by atoms with E-state index in [1.807, 2.05) is 22.5 Å². The summed E-state index contributed by atoms with van der Waals surface area (Å²) in [7, 11) is 0. The van der Waals surface area contributed by atoms with E-state index in [9.17, 15) is 4.79 Å². The molecule has 2 fully saturated rings. The predicted molar refractivity (Wildman–Crippen MR) is 95.4 cm³/mol. The average molecular weight is 358 g/mol. The van der Waals surface area contributed by atoms with Gasteiger partial charge in [0.05, 0.1) is 18.2 Å². The largest absolute Gasteiger partial charge is 0.375 e. The first-order valence-electron chi connectivity index (χ1n) is 8.73. The van der Waals surface area contributed by atoms with Gasteiger partial charge in [0.15, 0.2) is 0 Å². The van der Waals surface area contributed by atoms with Crippen LogP contribution in [-0.4, -0.2) is 64.1 Å². The van der Waals surface area contributed by atoms with E-state index in [0.717, 1.165) is 45.6 Å². The first-order chi connectivity index (χ1) is 12.3. The number of morpholine rings is 1. The van der Waals surface area contributed by atoms with Gasteiger partial charge >= 0.3 is 0 Å². The highest BCUT2D eigenvalue weighted by atomic mass is 32.1. The van der Waals surface area contributed by atoms with Crippen molar-refractivity contribution < 1.29 is 9.53 Å². The number of carbonyl (C=O) groups excluding carboxylic acids is 1. The molecule has 132 valence electrons. The van der Waals surface area contributed by atoms with Crippen LogP contribution in [0.5, 0.6) is 0 Å². The maximum absolute atomic E-state index is 12.6. The number of pyridine rings is 1. The first kappa shape index (κ1) is 16.6. The van der Waals surface area contributed by atoms with E-state index in [-0.39, 0.29) is 12.0 Å². The highest BCUT2D eigenvalue weighted by Crippen LogP contribution is 2.26. The smallest absolute Gasteiger partial charge is 0.273 e.